The summed E-state index contributed by atoms with van der Waals surface area (Å²) in [5.41, 5.74) is 0.263. The van der Waals surface area contributed by atoms with Crippen molar-refractivity contribution in [1.29, 1.82) is 0 Å². The molecule has 1 aliphatic carbocycles. The van der Waals surface area contributed by atoms with E-state index in [9.17, 15) is 9.50 Å². The summed E-state index contributed by atoms with van der Waals surface area (Å²) in [7, 11) is 0. The molecular weight excluding hydrogens is 219 g/mol. The molecule has 0 unspecified atom stereocenters. The summed E-state index contributed by atoms with van der Waals surface area (Å²) >= 11 is 0. The summed E-state index contributed by atoms with van der Waals surface area (Å²) in [5.74, 6) is -0.171. The lowest BCUT2D eigenvalue weighted by molar-refractivity contribution is -0.174. The Morgan fingerprint density at radius 3 is 2.35 bits per heavy atom. The van der Waals surface area contributed by atoms with Crippen LogP contribution in [0.3, 0.4) is 0 Å². The zero-order chi connectivity index (χ0) is 11.9. The Morgan fingerprint density at radius 2 is 1.94 bits per heavy atom. The van der Waals surface area contributed by atoms with Gasteiger partial charge in [0.2, 0.25) is 0 Å². The minimum Gasteiger partial charge on any atom is -0.396 e. The van der Waals surface area contributed by atoms with Crippen LogP contribution in [0.1, 0.15) is 24.8 Å². The number of hydrogen-bond donors (Lipinski definition) is 1. The van der Waals surface area contributed by atoms with E-state index < -0.39 is 0 Å². The highest BCUT2D eigenvalue weighted by atomic mass is 19.1. The smallest absolute Gasteiger partial charge is 0.127 e. The molecule has 2 nitrogen and oxygen atoms in total. The van der Waals surface area contributed by atoms with Gasteiger partial charge < -0.3 is 9.84 Å². The largest absolute Gasteiger partial charge is 0.396 e. The van der Waals surface area contributed by atoms with Gasteiger partial charge in [0.1, 0.15) is 5.82 Å². The quantitative estimate of drug-likeness (QED) is 0.872. The fraction of sp³-hybridized carbons (Fsp3) is 0.571. The molecule has 0 radical (unpaired) electrons. The molecule has 17 heavy (non-hydrogen) atoms. The number of halogens is 1. The first-order valence-corrected chi connectivity index (χ1v) is 6.18. The highest BCUT2D eigenvalue weighted by Crippen LogP contribution is 2.58. The van der Waals surface area contributed by atoms with E-state index in [4.69, 9.17) is 4.74 Å². The van der Waals surface area contributed by atoms with Crippen LogP contribution in [0.2, 0.25) is 0 Å². The van der Waals surface area contributed by atoms with E-state index in [1.165, 1.54) is 6.07 Å². The van der Waals surface area contributed by atoms with Crippen LogP contribution in [-0.4, -0.2) is 24.9 Å². The predicted octanol–water partition coefficient (Wildman–Crippen LogP) is 2.26. The topological polar surface area (TPSA) is 29.5 Å². The van der Waals surface area contributed by atoms with Crippen molar-refractivity contribution in [3.63, 3.8) is 0 Å². The molecule has 1 saturated carbocycles. The molecule has 1 N–H and O–H groups in total. The molecule has 0 aromatic heterocycles. The predicted molar refractivity (Wildman–Crippen MR) is 62.3 cm³/mol. The first-order valence-electron chi connectivity index (χ1n) is 6.18. The fourth-order valence-electron chi connectivity index (χ4n) is 3.29. The first kappa shape index (κ1) is 11.2. The Kier molecular flexibility index (Phi) is 2.49. The van der Waals surface area contributed by atoms with Crippen molar-refractivity contribution < 1.29 is 14.2 Å². The molecule has 0 atom stereocenters. The van der Waals surface area contributed by atoms with Crippen LogP contribution in [0, 0.1) is 11.2 Å². The van der Waals surface area contributed by atoms with Crippen molar-refractivity contribution in [2.75, 3.05) is 19.8 Å². The standard InChI is InChI=1S/C14H17FO2/c15-12-5-2-1-4-11(12)14(9-17-10-14)13(8-16)6-3-7-13/h1-2,4-5,16H,3,6-10H2. The van der Waals surface area contributed by atoms with Crippen molar-refractivity contribution in [2.45, 2.75) is 24.7 Å². The molecule has 1 aliphatic heterocycles. The molecule has 3 rings (SSSR count). The second kappa shape index (κ2) is 3.79. The Labute approximate surface area is 100 Å². The van der Waals surface area contributed by atoms with Crippen molar-refractivity contribution in [3.8, 4) is 0 Å². The van der Waals surface area contributed by atoms with Gasteiger partial charge in [0.25, 0.3) is 0 Å². The summed E-state index contributed by atoms with van der Waals surface area (Å²) in [6, 6.07) is 6.91. The lowest BCUT2D eigenvalue weighted by Gasteiger charge is -2.59. The van der Waals surface area contributed by atoms with Crippen molar-refractivity contribution in [3.05, 3.63) is 35.6 Å². The van der Waals surface area contributed by atoms with E-state index >= 15 is 0 Å². The summed E-state index contributed by atoms with van der Waals surface area (Å²) in [6.45, 7) is 1.20. The summed E-state index contributed by atoms with van der Waals surface area (Å²) in [4.78, 5) is 0. The first-order chi connectivity index (χ1) is 8.24. The third kappa shape index (κ3) is 1.33. The summed E-state index contributed by atoms with van der Waals surface area (Å²) in [6.07, 6.45) is 3.07. The lowest BCUT2D eigenvalue weighted by Crippen LogP contribution is -2.63. The lowest BCUT2D eigenvalue weighted by atomic mass is 9.50. The van der Waals surface area contributed by atoms with Gasteiger partial charge in [-0.1, -0.05) is 24.6 Å². The van der Waals surface area contributed by atoms with Crippen LogP contribution >= 0.6 is 0 Å². The minimum atomic E-state index is -0.300. The molecule has 3 heteroatoms. The number of aliphatic hydroxyl groups is 1. The van der Waals surface area contributed by atoms with Crippen LogP contribution < -0.4 is 0 Å². The molecule has 0 bridgehead atoms. The highest BCUT2D eigenvalue weighted by molar-refractivity contribution is 5.34. The Balaban J connectivity index is 2.06. The SMILES string of the molecule is OCC1(C2(c3ccccc3F)COC2)CCC1. The van der Waals surface area contributed by atoms with Crippen LogP contribution in [0.5, 0.6) is 0 Å². The van der Waals surface area contributed by atoms with Gasteiger partial charge in [0, 0.05) is 12.0 Å². The van der Waals surface area contributed by atoms with E-state index in [0.717, 1.165) is 24.8 Å². The Morgan fingerprint density at radius 1 is 1.24 bits per heavy atom. The molecule has 1 saturated heterocycles. The maximum atomic E-state index is 14.0. The van der Waals surface area contributed by atoms with Gasteiger partial charge in [-0.15, -0.1) is 0 Å². The second-order valence-corrected chi connectivity index (χ2v) is 5.35. The normalized spacial score (nSPS) is 24.8. The van der Waals surface area contributed by atoms with Crippen molar-refractivity contribution in [1.82, 2.24) is 0 Å². The van der Waals surface area contributed by atoms with Gasteiger partial charge in [-0.05, 0) is 24.5 Å². The maximum absolute atomic E-state index is 14.0. The maximum Gasteiger partial charge on any atom is 0.127 e. The molecule has 1 aromatic carbocycles. The monoisotopic (exact) mass is 236 g/mol. The molecular formula is C14H17FO2. The summed E-state index contributed by atoms with van der Waals surface area (Å²) < 4.78 is 19.3. The van der Waals surface area contributed by atoms with E-state index in [-0.39, 0.29) is 23.3 Å². The summed E-state index contributed by atoms with van der Waals surface area (Å²) in [5, 5.41) is 9.71. The van der Waals surface area contributed by atoms with Crippen molar-refractivity contribution >= 4 is 0 Å². The zero-order valence-electron chi connectivity index (χ0n) is 9.79. The third-order valence-corrected chi connectivity index (χ3v) is 4.71. The highest BCUT2D eigenvalue weighted by Gasteiger charge is 2.60. The molecule has 0 amide bonds. The van der Waals surface area contributed by atoms with Crippen molar-refractivity contribution in [2.24, 2.45) is 5.41 Å². The Bertz CT molecular complexity index is 416. The molecule has 1 aromatic rings. The van der Waals surface area contributed by atoms with E-state index in [1.807, 2.05) is 12.1 Å². The second-order valence-electron chi connectivity index (χ2n) is 5.35. The van der Waals surface area contributed by atoms with Crippen LogP contribution in [0.4, 0.5) is 4.39 Å². The van der Waals surface area contributed by atoms with Gasteiger partial charge in [0.05, 0.1) is 18.6 Å². The molecule has 2 fully saturated rings. The van der Waals surface area contributed by atoms with Gasteiger partial charge in [0.15, 0.2) is 0 Å². The van der Waals surface area contributed by atoms with Gasteiger partial charge >= 0.3 is 0 Å². The average Bonchev–Trinajstić information content (AvgIpc) is 2.22. The van der Waals surface area contributed by atoms with Crippen LogP contribution in [0.25, 0.3) is 0 Å². The molecule has 1 heterocycles. The van der Waals surface area contributed by atoms with E-state index in [0.29, 0.717) is 13.2 Å². The zero-order valence-corrected chi connectivity index (χ0v) is 9.79. The number of benzene rings is 1. The molecule has 92 valence electrons. The van der Waals surface area contributed by atoms with E-state index in [1.54, 1.807) is 6.07 Å². The molecule has 0 spiro atoms. The van der Waals surface area contributed by atoms with E-state index in [2.05, 4.69) is 0 Å². The number of hydrogen-bond acceptors (Lipinski definition) is 2. The van der Waals surface area contributed by atoms with Gasteiger partial charge in [-0.25, -0.2) is 4.39 Å². The van der Waals surface area contributed by atoms with Gasteiger partial charge in [-0.3, -0.25) is 0 Å². The fourth-order valence-corrected chi connectivity index (χ4v) is 3.29. The molecule has 2 aliphatic rings. The third-order valence-electron chi connectivity index (χ3n) is 4.71. The average molecular weight is 236 g/mol. The minimum absolute atomic E-state index is 0.130. The van der Waals surface area contributed by atoms with Crippen LogP contribution in [-0.2, 0) is 10.2 Å². The van der Waals surface area contributed by atoms with Crippen LogP contribution in [0.15, 0.2) is 24.3 Å². The number of ether oxygens (including phenoxy) is 1. The Hall–Kier alpha value is -0.930. The van der Waals surface area contributed by atoms with Gasteiger partial charge in [-0.2, -0.15) is 0 Å². The number of aliphatic hydroxyl groups excluding tert-OH is 1. The number of rotatable bonds is 3.